The minimum atomic E-state index is 0.802. The fourth-order valence-electron chi connectivity index (χ4n) is 4.44. The highest BCUT2D eigenvalue weighted by molar-refractivity contribution is 6.09. The molecule has 0 radical (unpaired) electrons. The van der Waals surface area contributed by atoms with Gasteiger partial charge >= 0.3 is 0 Å². The molecule has 30 heavy (non-hydrogen) atoms. The van der Waals surface area contributed by atoms with E-state index in [0.29, 0.717) is 0 Å². The number of anilines is 1. The predicted octanol–water partition coefficient (Wildman–Crippen LogP) is 4.27. The lowest BCUT2D eigenvalue weighted by Gasteiger charge is -2.29. The van der Waals surface area contributed by atoms with E-state index in [4.69, 9.17) is 14.7 Å². The van der Waals surface area contributed by atoms with Crippen LogP contribution in [0, 0.1) is 0 Å². The second-order valence-corrected chi connectivity index (χ2v) is 7.94. The van der Waals surface area contributed by atoms with Crippen molar-refractivity contribution in [2.24, 2.45) is 9.98 Å². The number of aliphatic imine (C=N–C) groups is 2. The van der Waals surface area contributed by atoms with Gasteiger partial charge in [0.15, 0.2) is 0 Å². The van der Waals surface area contributed by atoms with Crippen molar-refractivity contribution in [3.05, 3.63) is 83.2 Å². The molecule has 2 aromatic carbocycles. The molecule has 0 aliphatic carbocycles. The van der Waals surface area contributed by atoms with Gasteiger partial charge in [0.05, 0.1) is 41.7 Å². The average Bonchev–Trinajstić information content (AvgIpc) is 3.43. The largest absolute Gasteiger partial charge is 0.378 e. The second kappa shape index (κ2) is 7.18. The van der Waals surface area contributed by atoms with Gasteiger partial charge in [0.25, 0.3) is 0 Å². The number of ether oxygens (including phenoxy) is 1. The van der Waals surface area contributed by atoms with E-state index in [0.717, 1.165) is 67.6 Å². The smallest absolute Gasteiger partial charge is 0.0848 e. The molecule has 148 valence electrons. The van der Waals surface area contributed by atoms with Gasteiger partial charge < -0.3 is 9.64 Å². The average molecular weight is 394 g/mol. The summed E-state index contributed by atoms with van der Waals surface area (Å²) in [4.78, 5) is 16.6. The first kappa shape index (κ1) is 17.5. The van der Waals surface area contributed by atoms with Crippen molar-refractivity contribution in [1.82, 2.24) is 4.98 Å². The molecule has 5 nitrogen and oxygen atoms in total. The van der Waals surface area contributed by atoms with Crippen LogP contribution in [0.15, 0.2) is 70.8 Å². The zero-order valence-electron chi connectivity index (χ0n) is 16.7. The number of hydrogen-bond acceptors (Lipinski definition) is 5. The maximum absolute atomic E-state index is 5.48. The van der Waals surface area contributed by atoms with Crippen LogP contribution in [0.4, 0.5) is 17.1 Å². The zero-order valence-corrected chi connectivity index (χ0v) is 16.7. The molecule has 4 heterocycles. The van der Waals surface area contributed by atoms with Gasteiger partial charge in [-0.25, -0.2) is 0 Å². The number of hydrogen-bond donors (Lipinski definition) is 0. The molecular formula is C25H22N4O. The lowest BCUT2D eigenvalue weighted by molar-refractivity contribution is 0.122. The van der Waals surface area contributed by atoms with E-state index in [1.807, 2.05) is 24.4 Å². The summed E-state index contributed by atoms with van der Waals surface area (Å²) in [6.07, 6.45) is 3.52. The first-order chi connectivity index (χ1) is 14.8. The quantitative estimate of drug-likeness (QED) is 0.667. The normalized spacial score (nSPS) is 17.4. The Morgan fingerprint density at radius 2 is 1.53 bits per heavy atom. The number of pyridine rings is 1. The van der Waals surface area contributed by atoms with Crippen molar-refractivity contribution in [3.63, 3.8) is 0 Å². The maximum atomic E-state index is 5.48. The first-order valence-corrected chi connectivity index (χ1v) is 10.5. The van der Waals surface area contributed by atoms with Crippen molar-refractivity contribution in [2.75, 3.05) is 31.2 Å². The number of fused-ring (bicyclic) bond motifs is 2. The molecule has 0 bridgehead atoms. The minimum Gasteiger partial charge on any atom is -0.378 e. The third-order valence-corrected chi connectivity index (χ3v) is 6.04. The summed E-state index contributed by atoms with van der Waals surface area (Å²) in [5.74, 6) is 0. The van der Waals surface area contributed by atoms with Crippen LogP contribution in [0.3, 0.4) is 0 Å². The minimum absolute atomic E-state index is 0.802. The van der Waals surface area contributed by atoms with E-state index in [-0.39, 0.29) is 0 Å². The molecule has 0 unspecified atom stereocenters. The number of aromatic nitrogens is 1. The van der Waals surface area contributed by atoms with E-state index < -0.39 is 0 Å². The van der Waals surface area contributed by atoms with Crippen LogP contribution in [-0.4, -0.2) is 42.7 Å². The summed E-state index contributed by atoms with van der Waals surface area (Å²) in [6.45, 7) is 3.51. The van der Waals surface area contributed by atoms with E-state index in [9.17, 15) is 0 Å². The van der Waals surface area contributed by atoms with Crippen LogP contribution in [0.5, 0.6) is 0 Å². The predicted molar refractivity (Wildman–Crippen MR) is 120 cm³/mol. The fourth-order valence-corrected chi connectivity index (χ4v) is 4.44. The third kappa shape index (κ3) is 3.12. The Hall–Kier alpha value is -3.31. The van der Waals surface area contributed by atoms with Crippen molar-refractivity contribution in [3.8, 4) is 0 Å². The van der Waals surface area contributed by atoms with Gasteiger partial charge in [-0.3, -0.25) is 15.0 Å². The molecule has 3 aliphatic heterocycles. The van der Waals surface area contributed by atoms with E-state index in [1.165, 1.54) is 22.4 Å². The molecule has 0 amide bonds. The zero-order chi connectivity index (χ0) is 19.9. The molecule has 1 aromatic heterocycles. The lowest BCUT2D eigenvalue weighted by atomic mass is 9.99. The number of nitrogens with zero attached hydrogens (tertiary/aromatic N) is 4. The van der Waals surface area contributed by atoms with Crippen molar-refractivity contribution < 1.29 is 4.74 Å². The van der Waals surface area contributed by atoms with Crippen LogP contribution in [0.25, 0.3) is 0 Å². The number of morpholine rings is 1. The van der Waals surface area contributed by atoms with Crippen molar-refractivity contribution in [2.45, 2.75) is 12.8 Å². The summed E-state index contributed by atoms with van der Waals surface area (Å²) < 4.78 is 5.48. The maximum Gasteiger partial charge on any atom is 0.0848 e. The van der Waals surface area contributed by atoms with Crippen LogP contribution < -0.4 is 4.90 Å². The van der Waals surface area contributed by atoms with Gasteiger partial charge in [-0.15, -0.1) is 0 Å². The third-order valence-electron chi connectivity index (χ3n) is 6.04. The van der Waals surface area contributed by atoms with Gasteiger partial charge in [0.2, 0.25) is 0 Å². The molecule has 1 saturated heterocycles. The number of benzene rings is 2. The van der Waals surface area contributed by atoms with E-state index >= 15 is 0 Å². The summed E-state index contributed by atoms with van der Waals surface area (Å²) in [5, 5.41) is 0. The summed E-state index contributed by atoms with van der Waals surface area (Å²) in [7, 11) is 0. The highest BCUT2D eigenvalue weighted by Gasteiger charge is 2.22. The molecule has 0 atom stereocenters. The van der Waals surface area contributed by atoms with Crippen LogP contribution >= 0.6 is 0 Å². The Morgan fingerprint density at radius 3 is 2.37 bits per heavy atom. The van der Waals surface area contributed by atoms with Gasteiger partial charge in [0, 0.05) is 37.8 Å². The Bertz CT molecular complexity index is 1180. The Morgan fingerprint density at radius 1 is 0.767 bits per heavy atom. The second-order valence-electron chi connectivity index (χ2n) is 7.94. The topological polar surface area (TPSA) is 50.1 Å². The molecule has 0 N–H and O–H groups in total. The first-order valence-electron chi connectivity index (χ1n) is 10.5. The van der Waals surface area contributed by atoms with Crippen molar-refractivity contribution in [1.29, 1.82) is 0 Å². The van der Waals surface area contributed by atoms with Crippen LogP contribution in [0.1, 0.15) is 22.4 Å². The SMILES string of the molecule is c1ccc(C2=Nc3ccc(C4=Nc5ccc(N6CCOCC6)cc5C4)cc3C2)nc1. The van der Waals surface area contributed by atoms with Gasteiger partial charge in [-0.2, -0.15) is 0 Å². The van der Waals surface area contributed by atoms with Crippen LogP contribution in [0.2, 0.25) is 0 Å². The Balaban J connectivity index is 1.23. The highest BCUT2D eigenvalue weighted by atomic mass is 16.5. The lowest BCUT2D eigenvalue weighted by Crippen LogP contribution is -2.36. The summed E-state index contributed by atoms with van der Waals surface area (Å²) in [5.41, 5.74) is 10.3. The molecule has 0 spiro atoms. The molecule has 5 heteroatoms. The monoisotopic (exact) mass is 394 g/mol. The molecule has 6 rings (SSSR count). The molecular weight excluding hydrogens is 372 g/mol. The van der Waals surface area contributed by atoms with Gasteiger partial charge in [-0.1, -0.05) is 12.1 Å². The molecule has 0 saturated carbocycles. The van der Waals surface area contributed by atoms with E-state index in [2.05, 4.69) is 46.3 Å². The molecule has 3 aliphatic rings. The molecule has 1 fully saturated rings. The standard InChI is InChI=1S/C25H22N4O/c1-2-8-26-23(3-1)25-16-18-13-17(4-6-21(18)28-25)24-15-19-14-20(5-7-22(19)27-24)29-9-11-30-12-10-29/h1-8,13-14H,9-12,15-16H2. The van der Waals surface area contributed by atoms with Gasteiger partial charge in [0.1, 0.15) is 0 Å². The highest BCUT2D eigenvalue weighted by Crippen LogP contribution is 2.35. The van der Waals surface area contributed by atoms with E-state index in [1.54, 1.807) is 0 Å². The number of rotatable bonds is 3. The summed E-state index contributed by atoms with van der Waals surface area (Å²) in [6, 6.07) is 19.1. The fraction of sp³-hybridized carbons (Fsp3) is 0.240. The van der Waals surface area contributed by atoms with Crippen molar-refractivity contribution >= 4 is 28.5 Å². The molecule has 3 aromatic rings. The van der Waals surface area contributed by atoms with Crippen LogP contribution in [-0.2, 0) is 17.6 Å². The summed E-state index contributed by atoms with van der Waals surface area (Å²) >= 11 is 0. The Labute approximate surface area is 175 Å². The Kier molecular flexibility index (Phi) is 4.20. The van der Waals surface area contributed by atoms with Gasteiger partial charge in [-0.05, 0) is 59.2 Å².